The lowest BCUT2D eigenvalue weighted by Crippen LogP contribution is -2.46. The molecule has 4 atom stereocenters. The first-order valence-corrected chi connectivity index (χ1v) is 12.2. The van der Waals surface area contributed by atoms with Gasteiger partial charge in [0.15, 0.2) is 0 Å². The average Bonchev–Trinajstić information content (AvgIpc) is 3.17. The van der Waals surface area contributed by atoms with Gasteiger partial charge in [-0.3, -0.25) is 0 Å². The number of nitrogens with zero attached hydrogens (tertiary/aromatic N) is 2. The van der Waals surface area contributed by atoms with E-state index < -0.39 is 10.0 Å². The molecule has 1 saturated heterocycles. The normalized spacial score (nSPS) is 32.6. The molecule has 1 aliphatic heterocycles. The van der Waals surface area contributed by atoms with Crippen LogP contribution in [0.5, 0.6) is 0 Å². The van der Waals surface area contributed by atoms with Crippen molar-refractivity contribution in [2.24, 2.45) is 11.8 Å². The highest BCUT2D eigenvalue weighted by atomic mass is 32.2. The Balaban J connectivity index is 1.40. The third kappa shape index (κ3) is 3.96. The van der Waals surface area contributed by atoms with E-state index in [1.807, 2.05) is 19.1 Å². The van der Waals surface area contributed by atoms with Gasteiger partial charge >= 0.3 is 0 Å². The van der Waals surface area contributed by atoms with E-state index in [9.17, 15) is 8.42 Å². The summed E-state index contributed by atoms with van der Waals surface area (Å²) in [7, 11) is -1.63. The van der Waals surface area contributed by atoms with Gasteiger partial charge in [0.1, 0.15) is 0 Å². The first-order chi connectivity index (χ1) is 12.9. The molecule has 0 N–H and O–H groups in total. The molecular formula is C22H34N2O2S. The average molecular weight is 391 g/mol. The van der Waals surface area contributed by atoms with Crippen LogP contribution in [0.25, 0.3) is 0 Å². The SMILES string of the molecule is Cc1cccc(S(=O)(=O)N(C)C2CCC(N3CCC4CCCCC4C3)C2)c1. The standard InChI is InChI=1S/C22H34N2O2S/c1-17-6-5-9-22(14-17)27(25,26)23(2)20-10-11-21(15-20)24-13-12-18-7-3-4-8-19(18)16-24/h5-6,9,14,18-21H,3-4,7-8,10-13,15-16H2,1-2H3. The van der Waals surface area contributed by atoms with Crippen LogP contribution in [0.1, 0.15) is 56.9 Å². The van der Waals surface area contributed by atoms with E-state index in [0.29, 0.717) is 10.9 Å². The molecule has 1 aromatic rings. The van der Waals surface area contributed by atoms with Gasteiger partial charge in [-0.15, -0.1) is 0 Å². The molecule has 0 bridgehead atoms. The van der Waals surface area contributed by atoms with E-state index in [0.717, 1.165) is 36.7 Å². The van der Waals surface area contributed by atoms with E-state index in [4.69, 9.17) is 0 Å². The molecule has 0 radical (unpaired) electrons. The van der Waals surface area contributed by atoms with Crippen molar-refractivity contribution in [3.05, 3.63) is 29.8 Å². The summed E-state index contributed by atoms with van der Waals surface area (Å²) in [4.78, 5) is 3.12. The molecule has 4 unspecified atom stereocenters. The van der Waals surface area contributed by atoms with Crippen LogP contribution < -0.4 is 0 Å². The Morgan fingerprint density at radius 3 is 2.59 bits per heavy atom. The highest BCUT2D eigenvalue weighted by molar-refractivity contribution is 7.89. The van der Waals surface area contributed by atoms with Crippen molar-refractivity contribution >= 4 is 10.0 Å². The van der Waals surface area contributed by atoms with Crippen molar-refractivity contribution in [3.63, 3.8) is 0 Å². The van der Waals surface area contributed by atoms with E-state index >= 15 is 0 Å². The maximum atomic E-state index is 13.1. The van der Waals surface area contributed by atoms with E-state index in [1.54, 1.807) is 23.5 Å². The predicted molar refractivity (Wildman–Crippen MR) is 109 cm³/mol. The van der Waals surface area contributed by atoms with Gasteiger partial charge in [0.05, 0.1) is 4.90 Å². The topological polar surface area (TPSA) is 40.6 Å². The lowest BCUT2D eigenvalue weighted by molar-refractivity contribution is 0.0571. The quantitative estimate of drug-likeness (QED) is 0.779. The monoisotopic (exact) mass is 390 g/mol. The van der Waals surface area contributed by atoms with Crippen LogP contribution in [0, 0.1) is 18.8 Å². The molecule has 150 valence electrons. The van der Waals surface area contributed by atoms with Crippen molar-refractivity contribution in [3.8, 4) is 0 Å². The number of benzene rings is 1. The molecule has 4 rings (SSSR count). The molecule has 0 aromatic heterocycles. The van der Waals surface area contributed by atoms with Gasteiger partial charge < -0.3 is 4.90 Å². The van der Waals surface area contributed by atoms with Crippen LogP contribution in [0.15, 0.2) is 29.2 Å². The second-order valence-corrected chi connectivity index (χ2v) is 11.0. The highest BCUT2D eigenvalue weighted by Gasteiger charge is 2.39. The van der Waals surface area contributed by atoms with Gasteiger partial charge in [0.2, 0.25) is 10.0 Å². The third-order valence-electron chi connectivity index (χ3n) is 7.40. The molecule has 1 heterocycles. The summed E-state index contributed by atoms with van der Waals surface area (Å²) in [6.45, 7) is 4.41. The molecular weight excluding hydrogens is 356 g/mol. The summed E-state index contributed by atoms with van der Waals surface area (Å²) in [6, 6.07) is 7.98. The number of fused-ring (bicyclic) bond motifs is 1. The summed E-state index contributed by atoms with van der Waals surface area (Å²) in [5, 5.41) is 0. The smallest absolute Gasteiger partial charge is 0.243 e. The summed E-state index contributed by atoms with van der Waals surface area (Å²) < 4.78 is 27.8. The lowest BCUT2D eigenvalue weighted by atomic mass is 9.75. The summed E-state index contributed by atoms with van der Waals surface area (Å²) >= 11 is 0. The Bertz CT molecular complexity index is 763. The van der Waals surface area contributed by atoms with Crippen LogP contribution >= 0.6 is 0 Å². The van der Waals surface area contributed by atoms with Crippen LogP contribution in [0.2, 0.25) is 0 Å². The zero-order valence-corrected chi connectivity index (χ0v) is 17.6. The molecule has 1 aromatic carbocycles. The number of rotatable bonds is 4. The Hall–Kier alpha value is -0.910. The highest BCUT2D eigenvalue weighted by Crippen LogP contribution is 2.39. The third-order valence-corrected chi connectivity index (χ3v) is 9.30. The summed E-state index contributed by atoms with van der Waals surface area (Å²) in [5.74, 6) is 1.84. The van der Waals surface area contributed by atoms with E-state index in [-0.39, 0.29) is 6.04 Å². The number of aryl methyl sites for hydroxylation is 1. The van der Waals surface area contributed by atoms with Gasteiger partial charge in [-0.05, 0) is 75.1 Å². The predicted octanol–water partition coefficient (Wildman–Crippen LogP) is 4.05. The second-order valence-electron chi connectivity index (χ2n) is 9.05. The van der Waals surface area contributed by atoms with Crippen LogP contribution in [-0.2, 0) is 10.0 Å². The second kappa shape index (κ2) is 7.84. The molecule has 4 nitrogen and oxygen atoms in total. The molecule has 5 heteroatoms. The molecule has 2 aliphatic carbocycles. The number of piperidine rings is 1. The lowest BCUT2D eigenvalue weighted by Gasteiger charge is -2.43. The van der Waals surface area contributed by atoms with E-state index in [2.05, 4.69) is 4.90 Å². The first-order valence-electron chi connectivity index (χ1n) is 10.7. The molecule has 2 saturated carbocycles. The molecule has 3 fully saturated rings. The zero-order valence-electron chi connectivity index (χ0n) is 16.8. The number of hydrogen-bond acceptors (Lipinski definition) is 3. The molecule has 0 spiro atoms. The fourth-order valence-corrected chi connectivity index (χ4v) is 7.20. The largest absolute Gasteiger partial charge is 0.300 e. The summed E-state index contributed by atoms with van der Waals surface area (Å²) in [6.07, 6.45) is 10.1. The van der Waals surface area contributed by atoms with Crippen LogP contribution in [0.4, 0.5) is 0 Å². The van der Waals surface area contributed by atoms with Gasteiger partial charge in [-0.25, -0.2) is 8.42 Å². The van der Waals surface area contributed by atoms with Crippen molar-refractivity contribution in [1.82, 2.24) is 9.21 Å². The minimum absolute atomic E-state index is 0.129. The van der Waals surface area contributed by atoms with Crippen molar-refractivity contribution in [1.29, 1.82) is 0 Å². The fraction of sp³-hybridized carbons (Fsp3) is 0.727. The minimum Gasteiger partial charge on any atom is -0.300 e. The van der Waals surface area contributed by atoms with Crippen molar-refractivity contribution in [2.75, 3.05) is 20.1 Å². The van der Waals surface area contributed by atoms with Crippen molar-refractivity contribution in [2.45, 2.75) is 75.3 Å². The fourth-order valence-electron chi connectivity index (χ4n) is 5.70. The number of likely N-dealkylation sites (tertiary alicyclic amines) is 1. The maximum Gasteiger partial charge on any atom is 0.243 e. The minimum atomic E-state index is -3.40. The Morgan fingerprint density at radius 1 is 1.04 bits per heavy atom. The van der Waals surface area contributed by atoms with E-state index in [1.165, 1.54) is 45.2 Å². The van der Waals surface area contributed by atoms with Crippen LogP contribution in [0.3, 0.4) is 0 Å². The van der Waals surface area contributed by atoms with Gasteiger partial charge in [0.25, 0.3) is 0 Å². The first kappa shape index (κ1) is 19.4. The molecule has 0 amide bonds. The Labute approximate surface area is 165 Å². The Morgan fingerprint density at radius 2 is 1.81 bits per heavy atom. The van der Waals surface area contributed by atoms with Gasteiger partial charge in [-0.2, -0.15) is 4.31 Å². The van der Waals surface area contributed by atoms with Crippen LogP contribution in [-0.4, -0.2) is 49.8 Å². The van der Waals surface area contributed by atoms with Gasteiger partial charge in [0, 0.05) is 25.7 Å². The molecule has 3 aliphatic rings. The van der Waals surface area contributed by atoms with Gasteiger partial charge in [-0.1, -0.05) is 31.4 Å². The Kier molecular flexibility index (Phi) is 5.64. The number of hydrogen-bond donors (Lipinski definition) is 0. The molecule has 27 heavy (non-hydrogen) atoms. The van der Waals surface area contributed by atoms with Crippen molar-refractivity contribution < 1.29 is 8.42 Å². The number of sulfonamides is 1. The maximum absolute atomic E-state index is 13.1. The summed E-state index contributed by atoms with van der Waals surface area (Å²) in [5.41, 5.74) is 0.990. The zero-order chi connectivity index (χ0) is 19.0.